The van der Waals surface area contributed by atoms with Crippen molar-refractivity contribution in [3.63, 3.8) is 0 Å². The lowest BCUT2D eigenvalue weighted by atomic mass is 10.2. The van der Waals surface area contributed by atoms with Crippen molar-refractivity contribution in [3.8, 4) is 5.69 Å². The minimum absolute atomic E-state index is 0.0638. The van der Waals surface area contributed by atoms with Crippen LogP contribution in [0.15, 0.2) is 59.1 Å². The highest BCUT2D eigenvalue weighted by Gasteiger charge is 2.30. The SMILES string of the molecule is Cc1c(C(=O)N2CCC(Nc3ccccc3)C2)nnn1-c1cccc(Br)c1. The first-order valence-electron chi connectivity index (χ1n) is 8.91. The number of amides is 1. The van der Waals surface area contributed by atoms with Crippen LogP contribution < -0.4 is 5.32 Å². The number of carbonyl (C=O) groups is 1. The van der Waals surface area contributed by atoms with E-state index in [-0.39, 0.29) is 11.9 Å². The van der Waals surface area contributed by atoms with Crippen molar-refractivity contribution < 1.29 is 4.79 Å². The van der Waals surface area contributed by atoms with Gasteiger partial charge >= 0.3 is 0 Å². The van der Waals surface area contributed by atoms with E-state index >= 15 is 0 Å². The second-order valence-electron chi connectivity index (χ2n) is 6.66. The second kappa shape index (κ2) is 7.52. The normalized spacial score (nSPS) is 16.5. The van der Waals surface area contributed by atoms with E-state index in [0.717, 1.165) is 28.0 Å². The fourth-order valence-corrected chi connectivity index (χ4v) is 3.75. The van der Waals surface area contributed by atoms with Gasteiger partial charge in [-0.05, 0) is 43.7 Å². The predicted molar refractivity (Wildman–Crippen MR) is 108 cm³/mol. The zero-order chi connectivity index (χ0) is 18.8. The number of aromatic nitrogens is 3. The van der Waals surface area contributed by atoms with Crippen molar-refractivity contribution >= 4 is 27.5 Å². The molecule has 1 saturated heterocycles. The summed E-state index contributed by atoms with van der Waals surface area (Å²) in [6.45, 7) is 3.26. The number of rotatable bonds is 4. The molecule has 0 spiro atoms. The highest BCUT2D eigenvalue weighted by molar-refractivity contribution is 9.10. The van der Waals surface area contributed by atoms with E-state index in [4.69, 9.17) is 0 Å². The Hall–Kier alpha value is -2.67. The molecule has 1 aliphatic rings. The molecule has 6 nitrogen and oxygen atoms in total. The van der Waals surface area contributed by atoms with Crippen molar-refractivity contribution in [2.45, 2.75) is 19.4 Å². The lowest BCUT2D eigenvalue weighted by Gasteiger charge is -2.17. The van der Waals surface area contributed by atoms with Crippen molar-refractivity contribution in [2.75, 3.05) is 18.4 Å². The zero-order valence-electron chi connectivity index (χ0n) is 15.0. The molecule has 138 valence electrons. The third-order valence-corrected chi connectivity index (χ3v) is 5.26. The molecule has 7 heteroatoms. The summed E-state index contributed by atoms with van der Waals surface area (Å²) < 4.78 is 2.66. The van der Waals surface area contributed by atoms with Gasteiger partial charge in [0.15, 0.2) is 5.69 Å². The Morgan fingerprint density at radius 2 is 2.00 bits per heavy atom. The van der Waals surface area contributed by atoms with Gasteiger partial charge in [0, 0.05) is 29.3 Å². The van der Waals surface area contributed by atoms with E-state index in [1.54, 1.807) is 4.68 Å². The molecule has 2 heterocycles. The molecular weight excluding hydrogens is 406 g/mol. The molecule has 3 aromatic rings. The average molecular weight is 426 g/mol. The first-order chi connectivity index (χ1) is 13.1. The van der Waals surface area contributed by atoms with Crippen LogP contribution in [-0.2, 0) is 0 Å². The summed E-state index contributed by atoms with van der Waals surface area (Å²) >= 11 is 3.46. The Balaban J connectivity index is 1.47. The molecule has 0 aliphatic carbocycles. The molecule has 1 aliphatic heterocycles. The molecule has 1 atom stereocenters. The van der Waals surface area contributed by atoms with Crippen molar-refractivity contribution in [2.24, 2.45) is 0 Å². The van der Waals surface area contributed by atoms with Crippen molar-refractivity contribution in [1.29, 1.82) is 0 Å². The number of anilines is 1. The van der Waals surface area contributed by atoms with Gasteiger partial charge < -0.3 is 10.2 Å². The third kappa shape index (κ3) is 3.73. The number of halogens is 1. The number of para-hydroxylation sites is 1. The van der Waals surface area contributed by atoms with E-state index in [9.17, 15) is 4.79 Å². The monoisotopic (exact) mass is 425 g/mol. The van der Waals surface area contributed by atoms with Gasteiger partial charge in [-0.25, -0.2) is 4.68 Å². The van der Waals surface area contributed by atoms with Crippen LogP contribution in [0.5, 0.6) is 0 Å². The zero-order valence-corrected chi connectivity index (χ0v) is 16.6. The molecule has 0 saturated carbocycles. The molecular formula is C20H20BrN5O. The smallest absolute Gasteiger partial charge is 0.276 e. The summed E-state index contributed by atoms with van der Waals surface area (Å²) in [4.78, 5) is 14.8. The molecule has 2 aromatic carbocycles. The number of likely N-dealkylation sites (tertiary alicyclic amines) is 1. The molecule has 4 rings (SSSR count). The maximum absolute atomic E-state index is 13.0. The Morgan fingerprint density at radius 1 is 1.19 bits per heavy atom. The molecule has 1 N–H and O–H groups in total. The Kier molecular flexibility index (Phi) is 4.94. The van der Waals surface area contributed by atoms with E-state index in [0.29, 0.717) is 18.8 Å². The van der Waals surface area contributed by atoms with Crippen LogP contribution in [0.1, 0.15) is 22.6 Å². The molecule has 1 unspecified atom stereocenters. The topological polar surface area (TPSA) is 63.1 Å². The average Bonchev–Trinajstić information content (AvgIpc) is 3.29. The van der Waals surface area contributed by atoms with Gasteiger partial charge in [0.05, 0.1) is 11.4 Å². The summed E-state index contributed by atoms with van der Waals surface area (Å²) in [6, 6.07) is 18.1. The summed E-state index contributed by atoms with van der Waals surface area (Å²) in [6.07, 6.45) is 0.916. The van der Waals surface area contributed by atoms with Gasteiger partial charge in [0.1, 0.15) is 0 Å². The van der Waals surface area contributed by atoms with Gasteiger partial charge in [0.2, 0.25) is 0 Å². The van der Waals surface area contributed by atoms with Gasteiger partial charge in [-0.2, -0.15) is 0 Å². The lowest BCUT2D eigenvalue weighted by Crippen LogP contribution is -2.32. The first kappa shape index (κ1) is 17.7. The van der Waals surface area contributed by atoms with E-state index in [1.165, 1.54) is 0 Å². The van der Waals surface area contributed by atoms with Crippen molar-refractivity contribution in [3.05, 3.63) is 70.5 Å². The molecule has 1 aromatic heterocycles. The summed E-state index contributed by atoms with van der Waals surface area (Å²) in [5, 5.41) is 11.8. The number of hydrogen-bond donors (Lipinski definition) is 1. The van der Waals surface area contributed by atoms with Crippen LogP contribution in [0.2, 0.25) is 0 Å². The number of carbonyl (C=O) groups excluding carboxylic acids is 1. The number of nitrogens with one attached hydrogen (secondary N) is 1. The Morgan fingerprint density at radius 3 is 2.78 bits per heavy atom. The summed E-state index contributed by atoms with van der Waals surface area (Å²) in [5.41, 5.74) is 3.11. The quantitative estimate of drug-likeness (QED) is 0.692. The third-order valence-electron chi connectivity index (χ3n) is 4.77. The fraction of sp³-hybridized carbons (Fsp3) is 0.250. The highest BCUT2D eigenvalue weighted by atomic mass is 79.9. The molecule has 0 bridgehead atoms. The van der Waals surface area contributed by atoms with E-state index < -0.39 is 0 Å². The van der Waals surface area contributed by atoms with Crippen LogP contribution in [-0.4, -0.2) is 44.9 Å². The molecule has 1 fully saturated rings. The van der Waals surface area contributed by atoms with Crippen LogP contribution in [0, 0.1) is 6.92 Å². The second-order valence-corrected chi connectivity index (χ2v) is 7.58. The van der Waals surface area contributed by atoms with E-state index in [2.05, 4.69) is 31.6 Å². The van der Waals surface area contributed by atoms with E-state index in [1.807, 2.05) is 66.4 Å². The van der Waals surface area contributed by atoms with Crippen LogP contribution in [0.4, 0.5) is 5.69 Å². The van der Waals surface area contributed by atoms with Gasteiger partial charge in [-0.3, -0.25) is 4.79 Å². The van der Waals surface area contributed by atoms with Crippen LogP contribution in [0.25, 0.3) is 5.69 Å². The first-order valence-corrected chi connectivity index (χ1v) is 9.70. The van der Waals surface area contributed by atoms with Crippen molar-refractivity contribution in [1.82, 2.24) is 19.9 Å². The van der Waals surface area contributed by atoms with Gasteiger partial charge in [0.25, 0.3) is 5.91 Å². The van der Waals surface area contributed by atoms with Gasteiger partial charge in [-0.1, -0.05) is 45.4 Å². The summed E-state index contributed by atoms with van der Waals surface area (Å²) in [7, 11) is 0. The molecule has 0 radical (unpaired) electrons. The molecule has 1 amide bonds. The standard InChI is InChI=1S/C20H20BrN5O/c1-14-19(23-24-26(14)18-9-5-6-15(21)12-18)20(27)25-11-10-17(13-25)22-16-7-3-2-4-8-16/h2-9,12,17,22H,10-11,13H2,1H3. The minimum atomic E-state index is -0.0638. The van der Waals surface area contributed by atoms with Crippen LogP contribution >= 0.6 is 15.9 Å². The minimum Gasteiger partial charge on any atom is -0.380 e. The van der Waals surface area contributed by atoms with Crippen LogP contribution in [0.3, 0.4) is 0 Å². The number of nitrogens with zero attached hydrogens (tertiary/aromatic N) is 4. The lowest BCUT2D eigenvalue weighted by molar-refractivity contribution is 0.0785. The Bertz CT molecular complexity index is 956. The van der Waals surface area contributed by atoms with Gasteiger partial charge in [-0.15, -0.1) is 5.10 Å². The largest absolute Gasteiger partial charge is 0.380 e. The highest BCUT2D eigenvalue weighted by Crippen LogP contribution is 2.21. The fourth-order valence-electron chi connectivity index (χ4n) is 3.36. The maximum Gasteiger partial charge on any atom is 0.276 e. The number of hydrogen-bond acceptors (Lipinski definition) is 4. The maximum atomic E-state index is 13.0. The predicted octanol–water partition coefficient (Wildman–Crippen LogP) is 3.66. The Labute approximate surface area is 166 Å². The summed E-state index contributed by atoms with van der Waals surface area (Å²) in [5.74, 6) is -0.0638. The molecule has 27 heavy (non-hydrogen) atoms. The number of benzene rings is 2.